The Kier molecular flexibility index (Phi) is 7.95. The summed E-state index contributed by atoms with van der Waals surface area (Å²) >= 11 is 1.71. The molecule has 3 aliphatic rings. The Bertz CT molecular complexity index is 1770. The lowest BCUT2D eigenvalue weighted by molar-refractivity contribution is -1.02. The number of guanidine groups is 1. The second-order valence-electron chi connectivity index (χ2n) is 14.7. The van der Waals surface area contributed by atoms with Crippen LogP contribution in [0, 0.1) is 25.7 Å². The molecule has 4 aromatic rings. The van der Waals surface area contributed by atoms with Crippen LogP contribution in [0.15, 0.2) is 53.8 Å². The number of aromatic amines is 1. The molecular formula is C37H47N6O2S+. The number of likely N-dealkylation sites (tertiary alicyclic amines) is 1. The number of aromatic nitrogens is 2. The minimum atomic E-state index is -0.570. The predicted molar refractivity (Wildman–Crippen MR) is 185 cm³/mol. The maximum absolute atomic E-state index is 14.1. The van der Waals surface area contributed by atoms with Gasteiger partial charge in [-0.3, -0.25) is 9.78 Å². The van der Waals surface area contributed by atoms with Crippen LogP contribution in [0.2, 0.25) is 0 Å². The Morgan fingerprint density at radius 2 is 1.89 bits per heavy atom. The van der Waals surface area contributed by atoms with Crippen LogP contribution in [0.25, 0.3) is 21.5 Å². The van der Waals surface area contributed by atoms with Gasteiger partial charge in [-0.15, -0.1) is 16.0 Å². The highest BCUT2D eigenvalue weighted by Crippen LogP contribution is 2.46. The minimum absolute atomic E-state index is 0.0180. The number of benzene rings is 1. The largest absolute Gasteiger partial charge is 0.346 e. The van der Waals surface area contributed by atoms with E-state index in [0.717, 1.165) is 52.2 Å². The van der Waals surface area contributed by atoms with Gasteiger partial charge in [0.25, 0.3) is 0 Å². The Morgan fingerprint density at radius 3 is 2.54 bits per heavy atom. The first kappa shape index (κ1) is 31.2. The van der Waals surface area contributed by atoms with Crippen molar-refractivity contribution in [2.45, 2.75) is 77.2 Å². The zero-order valence-corrected chi connectivity index (χ0v) is 28.5. The molecule has 0 spiro atoms. The quantitative estimate of drug-likeness (QED) is 0.0990. The van der Waals surface area contributed by atoms with E-state index in [2.05, 4.69) is 74.2 Å². The zero-order valence-electron chi connectivity index (χ0n) is 27.6. The Morgan fingerprint density at radius 1 is 1.15 bits per heavy atom. The highest BCUT2D eigenvalue weighted by Gasteiger charge is 2.50. The summed E-state index contributed by atoms with van der Waals surface area (Å²) in [5.41, 5.74) is 13.0. The molecule has 242 valence electrons. The number of hydrogen-bond acceptors (Lipinski definition) is 6. The fraction of sp³-hybridized carbons (Fsp3) is 0.486. The molecule has 1 saturated carbocycles. The van der Waals surface area contributed by atoms with Gasteiger partial charge in [-0.2, -0.15) is 0 Å². The number of nitrogens with one attached hydrogen (secondary N) is 2. The lowest BCUT2D eigenvalue weighted by atomic mass is 9.76. The number of carbonyl (C=O) groups excluding carboxylic acids is 1. The number of rotatable bonds is 8. The van der Waals surface area contributed by atoms with Crippen LogP contribution in [-0.2, 0) is 10.2 Å². The molecule has 3 fully saturated rings. The molecular weight excluding hydrogens is 593 g/mol. The van der Waals surface area contributed by atoms with Crippen LogP contribution in [-0.4, -0.2) is 63.8 Å². The third-order valence-corrected chi connectivity index (χ3v) is 12.4. The molecule has 1 aromatic carbocycles. The number of aliphatic imine (C=N–C) groups is 1. The molecule has 7 rings (SSSR count). The van der Waals surface area contributed by atoms with Gasteiger partial charge < -0.3 is 16.0 Å². The molecule has 2 bridgehead atoms. The van der Waals surface area contributed by atoms with Gasteiger partial charge in [-0.25, -0.2) is 10.2 Å². The minimum Gasteiger partial charge on any atom is -0.346 e. The van der Waals surface area contributed by atoms with Crippen LogP contribution in [0.1, 0.15) is 79.0 Å². The summed E-state index contributed by atoms with van der Waals surface area (Å²) in [5.74, 6) is 1.43. The van der Waals surface area contributed by atoms with Crippen molar-refractivity contribution in [3.05, 3.63) is 75.9 Å². The summed E-state index contributed by atoms with van der Waals surface area (Å²) in [6.45, 7) is 13.1. The average molecular weight is 640 g/mol. The molecule has 1 aliphatic carbocycles. The molecule has 8 nitrogen and oxygen atoms in total. The normalized spacial score (nSPS) is 27.1. The van der Waals surface area contributed by atoms with E-state index in [-0.39, 0.29) is 28.4 Å². The fourth-order valence-corrected chi connectivity index (χ4v) is 9.61. The third-order valence-electron chi connectivity index (χ3n) is 11.0. The lowest BCUT2D eigenvalue weighted by Crippen LogP contribution is -2.52. The average Bonchev–Trinajstić information content (AvgIpc) is 3.86. The predicted octanol–water partition coefficient (Wildman–Crippen LogP) is 6.56. The number of fused-ring (bicyclic) bond motifs is 3. The van der Waals surface area contributed by atoms with Crippen LogP contribution in [0.4, 0.5) is 0 Å². The summed E-state index contributed by atoms with van der Waals surface area (Å²) in [4.78, 5) is 29.0. The highest BCUT2D eigenvalue weighted by molar-refractivity contribution is 7.19. The van der Waals surface area contributed by atoms with Crippen LogP contribution in [0.3, 0.4) is 0 Å². The summed E-state index contributed by atoms with van der Waals surface area (Å²) in [6, 6.07) is 13.3. The number of ketones is 1. The first-order chi connectivity index (χ1) is 21.9. The van der Waals surface area contributed by atoms with Crippen molar-refractivity contribution in [3.63, 3.8) is 0 Å². The van der Waals surface area contributed by atoms with Gasteiger partial charge >= 0.3 is 5.96 Å². The Labute approximate surface area is 275 Å². The van der Waals surface area contributed by atoms with Gasteiger partial charge in [-0.05, 0) is 100 Å². The van der Waals surface area contributed by atoms with Crippen molar-refractivity contribution in [2.75, 3.05) is 26.2 Å². The van der Waals surface area contributed by atoms with E-state index in [1.54, 1.807) is 23.7 Å². The molecule has 6 atom stereocenters. The van der Waals surface area contributed by atoms with Crippen molar-refractivity contribution in [1.29, 1.82) is 0 Å². The molecule has 0 amide bonds. The van der Waals surface area contributed by atoms with E-state index in [1.807, 2.05) is 12.1 Å². The monoisotopic (exact) mass is 639 g/mol. The number of thiophene rings is 1. The number of pyridine rings is 1. The maximum atomic E-state index is 14.1. The zero-order chi connectivity index (χ0) is 32.4. The second kappa shape index (κ2) is 11.7. The number of nitrogens with zero attached hydrogens (tertiary/aromatic N) is 3. The van der Waals surface area contributed by atoms with Crippen molar-refractivity contribution < 1.29 is 14.6 Å². The number of nitrogens with two attached hydrogens (primary N) is 1. The second-order valence-corrected chi connectivity index (χ2v) is 15.8. The van der Waals surface area contributed by atoms with E-state index < -0.39 is 5.41 Å². The summed E-state index contributed by atoms with van der Waals surface area (Å²) in [6.07, 6.45) is 6.69. The number of aryl methyl sites for hydroxylation is 2. The highest BCUT2D eigenvalue weighted by atomic mass is 32.1. The van der Waals surface area contributed by atoms with E-state index in [1.165, 1.54) is 22.3 Å². The molecule has 2 saturated heterocycles. The van der Waals surface area contributed by atoms with Gasteiger partial charge in [0.2, 0.25) is 0 Å². The first-order valence-electron chi connectivity index (χ1n) is 16.8. The number of carbonyl (C=O) groups is 1. The number of Topliss-reactive ketones (excluding diaryl/α,β-unsaturated/α-hetero) is 1. The number of hydroxylamine groups is 3. The Balaban J connectivity index is 1.21. The van der Waals surface area contributed by atoms with Crippen LogP contribution >= 0.6 is 11.3 Å². The van der Waals surface area contributed by atoms with Crippen LogP contribution < -0.4 is 11.1 Å². The molecule has 3 aromatic heterocycles. The lowest BCUT2D eigenvalue weighted by Gasteiger charge is -2.27. The van der Waals surface area contributed by atoms with Crippen molar-refractivity contribution in [3.8, 4) is 11.3 Å². The molecule has 5 unspecified atom stereocenters. The summed E-state index contributed by atoms with van der Waals surface area (Å²) in [7, 11) is 0. The van der Waals surface area contributed by atoms with Crippen molar-refractivity contribution in [2.24, 2.45) is 22.6 Å². The molecule has 5 N–H and O–H groups in total. The van der Waals surface area contributed by atoms with Gasteiger partial charge in [-0.1, -0.05) is 24.1 Å². The molecule has 5 heterocycles. The number of piperidine rings is 1. The Hall–Kier alpha value is -3.37. The van der Waals surface area contributed by atoms with Gasteiger partial charge in [0.05, 0.1) is 17.7 Å². The van der Waals surface area contributed by atoms with Gasteiger partial charge in [0, 0.05) is 52.9 Å². The molecule has 0 radical (unpaired) electrons. The number of hydrogen-bond donors (Lipinski definition) is 4. The topological polar surface area (TPSA) is 116 Å². The van der Waals surface area contributed by atoms with E-state index in [4.69, 9.17) is 10.7 Å². The summed E-state index contributed by atoms with van der Waals surface area (Å²) in [5, 5.41) is 16.2. The molecule has 2 aliphatic heterocycles. The van der Waals surface area contributed by atoms with Crippen molar-refractivity contribution in [1.82, 2.24) is 15.3 Å². The van der Waals surface area contributed by atoms with E-state index in [0.29, 0.717) is 37.4 Å². The number of H-pyrrole nitrogens is 1. The van der Waals surface area contributed by atoms with Crippen LogP contribution in [0.5, 0.6) is 0 Å². The third kappa shape index (κ3) is 5.41. The van der Waals surface area contributed by atoms with Gasteiger partial charge in [0.15, 0.2) is 0 Å². The molecule has 46 heavy (non-hydrogen) atoms. The SMILES string of the molecule is Cc1cc(C)cc(-c2[nH]c3sc(C(C)(C)C(=O)C4C5CCC4NC5)cc3c2[C@H](C)CN=C(N)[N+]2(O)CCC(c3ccncc3)C2)c1. The van der Waals surface area contributed by atoms with Gasteiger partial charge in [0.1, 0.15) is 23.7 Å². The maximum Gasteiger partial charge on any atom is 0.328 e. The summed E-state index contributed by atoms with van der Waals surface area (Å²) < 4.78 is -0.330. The van der Waals surface area contributed by atoms with Crippen molar-refractivity contribution >= 4 is 33.3 Å². The van der Waals surface area contributed by atoms with E-state index >= 15 is 0 Å². The number of quaternary nitrogens is 1. The van der Waals surface area contributed by atoms with E-state index in [9.17, 15) is 10.0 Å². The smallest absolute Gasteiger partial charge is 0.328 e. The molecule has 9 heteroatoms. The first-order valence-corrected chi connectivity index (χ1v) is 17.6. The standard InChI is InChI=1S/C37H47N6O2S/c1-21-14-22(2)16-27(15-21)33-31(23(3)18-41-36(38)43(45)13-10-26(20-43)24-8-11-39-12-9-24)28-17-30(46-35(28)42-33)37(4,5)34(44)32-25-6-7-29(32)40-19-25/h8-9,11-12,14-17,23,25-26,29,32,40,42,45H,6-7,10,13,18-20H2,1-5H3,(H2,38,41)/q+1/t23-,25?,26?,29?,32?,43?/m1/s1. The fourth-order valence-electron chi connectivity index (χ4n) is 8.43.